The minimum atomic E-state index is -3.24. The molecule has 9 nitrogen and oxygen atoms in total. The summed E-state index contributed by atoms with van der Waals surface area (Å²) in [5.74, 6) is 0.498. The van der Waals surface area contributed by atoms with Crippen LogP contribution in [0.4, 0.5) is 5.82 Å². The van der Waals surface area contributed by atoms with Crippen LogP contribution in [0, 0.1) is 3.57 Å². The van der Waals surface area contributed by atoms with Crippen LogP contribution < -0.4 is 10.5 Å². The van der Waals surface area contributed by atoms with Crippen molar-refractivity contribution in [3.05, 3.63) is 33.2 Å². The van der Waals surface area contributed by atoms with Crippen LogP contribution in [0.15, 0.2) is 28.5 Å². The molecule has 12 heteroatoms. The predicted octanol–water partition coefficient (Wildman–Crippen LogP) is 2.62. The number of carbonyl (C=O) groups excluding carboxylic acids is 1. The first-order valence-corrected chi connectivity index (χ1v) is 13.3. The number of nitrogen functional groups attached to an aromatic ring is 1. The molecule has 0 amide bonds. The molecule has 1 aliphatic carbocycles. The Morgan fingerprint density at radius 1 is 1.29 bits per heavy atom. The molecule has 1 aliphatic rings. The summed E-state index contributed by atoms with van der Waals surface area (Å²) in [4.78, 5) is 26.1. The van der Waals surface area contributed by atoms with E-state index in [1.165, 1.54) is 18.1 Å². The minimum absolute atomic E-state index is 0.0430. The Labute approximate surface area is 197 Å². The second-order valence-corrected chi connectivity index (χ2v) is 11.4. The number of aromatic nitrogens is 4. The lowest BCUT2D eigenvalue weighted by Crippen LogP contribution is -2.27. The van der Waals surface area contributed by atoms with Crippen molar-refractivity contribution >= 4 is 67.1 Å². The number of aryl methyl sites for hydroxylation is 2. The predicted molar refractivity (Wildman–Crippen MR) is 128 cm³/mol. The maximum atomic E-state index is 12.2. The van der Waals surface area contributed by atoms with Crippen molar-refractivity contribution in [3.63, 3.8) is 0 Å². The Hall–Kier alpha value is -1.77. The highest BCUT2D eigenvalue weighted by Crippen LogP contribution is 2.37. The van der Waals surface area contributed by atoms with Gasteiger partial charge in [-0.1, -0.05) is 11.8 Å². The Balaban J connectivity index is 1.65. The molecule has 0 aliphatic heterocycles. The van der Waals surface area contributed by atoms with E-state index in [-0.39, 0.29) is 17.4 Å². The van der Waals surface area contributed by atoms with Crippen molar-refractivity contribution in [2.24, 2.45) is 0 Å². The zero-order valence-electron chi connectivity index (χ0n) is 16.8. The van der Waals surface area contributed by atoms with Gasteiger partial charge in [-0.05, 0) is 60.1 Å². The van der Waals surface area contributed by atoms with E-state index in [2.05, 4.69) is 48.3 Å². The summed E-state index contributed by atoms with van der Waals surface area (Å²) in [5.41, 5.74) is 8.98. The molecule has 4 rings (SSSR count). The molecule has 0 unspecified atom stereocenters. The van der Waals surface area contributed by atoms with Crippen LogP contribution >= 0.6 is 34.4 Å². The highest BCUT2D eigenvalue weighted by molar-refractivity contribution is 14.1. The number of ketones is 1. The number of fused-ring (bicyclic) bond motifs is 2. The van der Waals surface area contributed by atoms with Crippen molar-refractivity contribution in [2.75, 3.05) is 18.0 Å². The number of nitrogens with two attached hydrogens (primary N) is 1. The number of benzene rings is 1. The van der Waals surface area contributed by atoms with Gasteiger partial charge < -0.3 is 10.3 Å². The van der Waals surface area contributed by atoms with Gasteiger partial charge in [0.25, 0.3) is 0 Å². The van der Waals surface area contributed by atoms with E-state index >= 15 is 0 Å². The number of Topliss-reactive ketones (excluding diaryl/α,β-unsaturated/α-hetero) is 1. The SMILES string of the molecule is CCS(=O)(=O)NCCCn1c(Sc2cc3c(cc2I)CCC3=O)nc2c(N)ncnc21. The smallest absolute Gasteiger partial charge is 0.211 e. The van der Waals surface area contributed by atoms with Crippen LogP contribution in [0.3, 0.4) is 0 Å². The van der Waals surface area contributed by atoms with Crippen molar-refractivity contribution in [3.8, 4) is 0 Å². The summed E-state index contributed by atoms with van der Waals surface area (Å²) in [6.07, 6.45) is 3.29. The number of halogens is 1. The Morgan fingerprint density at radius 3 is 2.87 bits per heavy atom. The number of sulfonamides is 1. The molecule has 164 valence electrons. The normalized spacial score (nSPS) is 13.8. The summed E-state index contributed by atoms with van der Waals surface area (Å²) >= 11 is 3.72. The first-order chi connectivity index (χ1) is 14.8. The monoisotopic (exact) mass is 572 g/mol. The van der Waals surface area contributed by atoms with E-state index in [1.807, 2.05) is 10.6 Å². The standard InChI is InChI=1S/C19H21IN6O3S2/c1-2-31(28,29)24-6-3-7-26-18-16(17(21)22-10-23-18)25-19(26)30-15-9-12-11(8-13(15)20)4-5-14(12)27/h8-10,24H,2-7H2,1H3,(H2,21,22,23). The molecule has 31 heavy (non-hydrogen) atoms. The second-order valence-electron chi connectivity index (χ2n) is 7.09. The third kappa shape index (κ3) is 4.71. The van der Waals surface area contributed by atoms with E-state index < -0.39 is 10.0 Å². The number of imidazole rings is 1. The third-order valence-corrected chi connectivity index (χ3v) is 8.78. The Kier molecular flexibility index (Phi) is 6.51. The van der Waals surface area contributed by atoms with Gasteiger partial charge in [-0.2, -0.15) is 0 Å². The molecule has 3 N–H and O–H groups in total. The van der Waals surface area contributed by atoms with Gasteiger partial charge in [-0.3, -0.25) is 4.79 Å². The molecule has 2 aromatic heterocycles. The minimum Gasteiger partial charge on any atom is -0.382 e. The quantitative estimate of drug-likeness (QED) is 0.311. The molecule has 0 fully saturated rings. The number of hydrogen-bond acceptors (Lipinski definition) is 8. The van der Waals surface area contributed by atoms with Gasteiger partial charge in [0, 0.05) is 33.5 Å². The zero-order valence-corrected chi connectivity index (χ0v) is 20.6. The molecular formula is C19H21IN6O3S2. The number of rotatable bonds is 8. The van der Waals surface area contributed by atoms with E-state index in [9.17, 15) is 13.2 Å². The van der Waals surface area contributed by atoms with E-state index in [0.717, 1.165) is 26.0 Å². The highest BCUT2D eigenvalue weighted by atomic mass is 127. The second kappa shape index (κ2) is 9.00. The van der Waals surface area contributed by atoms with Crippen LogP contribution in [0.25, 0.3) is 11.2 Å². The molecule has 0 spiro atoms. The molecule has 0 radical (unpaired) electrons. The fourth-order valence-corrected chi connectivity index (χ4v) is 5.88. The van der Waals surface area contributed by atoms with Crippen LogP contribution in [-0.2, 0) is 23.0 Å². The largest absolute Gasteiger partial charge is 0.382 e. The lowest BCUT2D eigenvalue weighted by molar-refractivity contribution is 0.0994. The fraction of sp³-hybridized carbons (Fsp3) is 0.368. The highest BCUT2D eigenvalue weighted by Gasteiger charge is 2.23. The fourth-order valence-electron chi connectivity index (χ4n) is 3.40. The van der Waals surface area contributed by atoms with Gasteiger partial charge in [0.05, 0.1) is 5.75 Å². The average molecular weight is 572 g/mol. The van der Waals surface area contributed by atoms with Gasteiger partial charge >= 0.3 is 0 Å². The van der Waals surface area contributed by atoms with Crippen LogP contribution in [0.1, 0.15) is 35.7 Å². The van der Waals surface area contributed by atoms with Crippen LogP contribution in [0.2, 0.25) is 0 Å². The van der Waals surface area contributed by atoms with E-state index in [0.29, 0.717) is 42.3 Å². The third-order valence-electron chi connectivity index (χ3n) is 5.07. The van der Waals surface area contributed by atoms with Crippen molar-refractivity contribution in [1.82, 2.24) is 24.2 Å². The molecule has 0 atom stereocenters. The summed E-state index contributed by atoms with van der Waals surface area (Å²) in [6.45, 7) is 2.41. The van der Waals surface area contributed by atoms with Gasteiger partial charge in [-0.25, -0.2) is 28.1 Å². The lowest BCUT2D eigenvalue weighted by Gasteiger charge is -2.11. The lowest BCUT2D eigenvalue weighted by atomic mass is 10.1. The summed E-state index contributed by atoms with van der Waals surface area (Å²) < 4.78 is 28.9. The Bertz CT molecular complexity index is 1280. The van der Waals surface area contributed by atoms with Gasteiger partial charge in [0.2, 0.25) is 10.0 Å². The van der Waals surface area contributed by atoms with Crippen molar-refractivity contribution < 1.29 is 13.2 Å². The number of nitrogens with one attached hydrogen (secondary N) is 1. The average Bonchev–Trinajstić information content (AvgIpc) is 3.27. The summed E-state index contributed by atoms with van der Waals surface area (Å²) in [7, 11) is -3.24. The maximum Gasteiger partial charge on any atom is 0.211 e. The topological polar surface area (TPSA) is 133 Å². The first kappa shape index (κ1) is 22.4. The first-order valence-electron chi connectivity index (χ1n) is 9.76. The van der Waals surface area contributed by atoms with E-state index in [1.54, 1.807) is 6.92 Å². The van der Waals surface area contributed by atoms with Gasteiger partial charge in [0.15, 0.2) is 27.9 Å². The number of anilines is 1. The number of carbonyl (C=O) groups is 1. The van der Waals surface area contributed by atoms with Gasteiger partial charge in [0.1, 0.15) is 6.33 Å². The molecule has 0 saturated carbocycles. The summed E-state index contributed by atoms with van der Waals surface area (Å²) in [6, 6.07) is 4.00. The molecule has 0 saturated heterocycles. The van der Waals surface area contributed by atoms with Crippen molar-refractivity contribution in [1.29, 1.82) is 0 Å². The summed E-state index contributed by atoms with van der Waals surface area (Å²) in [5, 5.41) is 0.670. The molecule has 0 bridgehead atoms. The van der Waals surface area contributed by atoms with Crippen molar-refractivity contribution in [2.45, 2.75) is 42.8 Å². The zero-order chi connectivity index (χ0) is 22.2. The van der Waals surface area contributed by atoms with Crippen LogP contribution in [0.5, 0.6) is 0 Å². The molecule has 1 aromatic carbocycles. The van der Waals surface area contributed by atoms with E-state index in [4.69, 9.17) is 5.73 Å². The molecule has 2 heterocycles. The Morgan fingerprint density at radius 2 is 2.10 bits per heavy atom. The maximum absolute atomic E-state index is 12.2. The molecular weight excluding hydrogens is 551 g/mol. The number of hydrogen-bond donors (Lipinski definition) is 2. The number of nitrogens with zero attached hydrogens (tertiary/aromatic N) is 4. The van der Waals surface area contributed by atoms with Gasteiger partial charge in [-0.15, -0.1) is 0 Å². The van der Waals surface area contributed by atoms with Crippen LogP contribution in [-0.4, -0.2) is 46.0 Å². The molecule has 3 aromatic rings.